The summed E-state index contributed by atoms with van der Waals surface area (Å²) in [6.45, 7) is 1.56. The van der Waals surface area contributed by atoms with Crippen molar-refractivity contribution in [3.63, 3.8) is 0 Å². The molecular weight excluding hydrogens is 176 g/mol. The third-order valence-electron chi connectivity index (χ3n) is 3.75. The Morgan fingerprint density at radius 3 is 2.71 bits per heavy atom. The minimum atomic E-state index is 0.333. The molecule has 0 radical (unpaired) electrons. The van der Waals surface area contributed by atoms with E-state index in [2.05, 4.69) is 4.90 Å². The summed E-state index contributed by atoms with van der Waals surface area (Å²) in [4.78, 5) is 2.60. The van der Waals surface area contributed by atoms with Crippen LogP contribution in [0.5, 0.6) is 0 Å². The van der Waals surface area contributed by atoms with E-state index in [9.17, 15) is 0 Å². The van der Waals surface area contributed by atoms with Gasteiger partial charge in [-0.1, -0.05) is 6.42 Å². The molecule has 0 spiro atoms. The van der Waals surface area contributed by atoms with E-state index in [1.807, 2.05) is 0 Å². The Morgan fingerprint density at radius 1 is 1.29 bits per heavy atom. The second-order valence-corrected chi connectivity index (χ2v) is 4.79. The summed E-state index contributed by atoms with van der Waals surface area (Å²) in [5.74, 6) is 0. The summed E-state index contributed by atoms with van der Waals surface area (Å²) in [5, 5.41) is 9.01. The average molecular weight is 198 g/mol. The van der Waals surface area contributed by atoms with E-state index in [0.29, 0.717) is 18.7 Å². The Balaban J connectivity index is 1.86. The zero-order chi connectivity index (χ0) is 9.97. The highest BCUT2D eigenvalue weighted by atomic mass is 16.3. The van der Waals surface area contributed by atoms with Gasteiger partial charge in [-0.3, -0.25) is 4.90 Å². The summed E-state index contributed by atoms with van der Waals surface area (Å²) in [6, 6.07) is 1.80. The number of aliphatic hydroxyl groups is 1. The summed E-state index contributed by atoms with van der Waals surface area (Å²) < 4.78 is 0. The molecule has 1 heterocycles. The average Bonchev–Trinajstić information content (AvgIpc) is 2.15. The Morgan fingerprint density at radius 2 is 2.07 bits per heavy atom. The summed E-state index contributed by atoms with van der Waals surface area (Å²) in [5.41, 5.74) is 5.82. The molecule has 82 valence electrons. The quantitative estimate of drug-likeness (QED) is 0.702. The van der Waals surface area contributed by atoms with Gasteiger partial charge in [0.25, 0.3) is 0 Å². The topological polar surface area (TPSA) is 49.5 Å². The molecule has 2 fully saturated rings. The van der Waals surface area contributed by atoms with Crippen LogP contribution < -0.4 is 5.73 Å². The van der Waals surface area contributed by atoms with Crippen molar-refractivity contribution in [3.05, 3.63) is 0 Å². The number of hydrogen-bond donors (Lipinski definition) is 2. The third-order valence-corrected chi connectivity index (χ3v) is 3.75. The molecule has 0 aromatic heterocycles. The van der Waals surface area contributed by atoms with Crippen molar-refractivity contribution in [3.8, 4) is 0 Å². The van der Waals surface area contributed by atoms with Crippen LogP contribution in [0.2, 0.25) is 0 Å². The number of piperidine rings is 1. The van der Waals surface area contributed by atoms with Gasteiger partial charge in [-0.25, -0.2) is 0 Å². The van der Waals surface area contributed by atoms with E-state index in [4.69, 9.17) is 10.8 Å². The Hall–Kier alpha value is -0.120. The van der Waals surface area contributed by atoms with Crippen LogP contribution in [0, 0.1) is 0 Å². The molecule has 0 bridgehead atoms. The molecule has 3 heteroatoms. The first-order valence-electron chi connectivity index (χ1n) is 5.93. The molecule has 0 aromatic carbocycles. The predicted molar refractivity (Wildman–Crippen MR) is 57.0 cm³/mol. The van der Waals surface area contributed by atoms with E-state index in [1.165, 1.54) is 38.6 Å². The largest absolute Gasteiger partial charge is 0.396 e. The molecular formula is C11H22N2O. The van der Waals surface area contributed by atoms with Gasteiger partial charge >= 0.3 is 0 Å². The highest BCUT2D eigenvalue weighted by Gasteiger charge is 2.35. The van der Waals surface area contributed by atoms with E-state index >= 15 is 0 Å². The molecule has 1 unspecified atom stereocenters. The standard InChI is InChI=1S/C11H22N2O/c12-9-7-11(8-9)13-5-2-1-3-10(13)4-6-14/h9-11,14H,1-8,12H2. The first-order valence-corrected chi connectivity index (χ1v) is 5.93. The van der Waals surface area contributed by atoms with Crippen LogP contribution in [0.4, 0.5) is 0 Å². The van der Waals surface area contributed by atoms with Gasteiger partial charge < -0.3 is 10.8 Å². The first-order chi connectivity index (χ1) is 6.81. The number of likely N-dealkylation sites (tertiary alicyclic amines) is 1. The fourth-order valence-corrected chi connectivity index (χ4v) is 2.86. The number of hydrogen-bond acceptors (Lipinski definition) is 3. The van der Waals surface area contributed by atoms with Crippen molar-refractivity contribution in [1.29, 1.82) is 0 Å². The van der Waals surface area contributed by atoms with Crippen LogP contribution in [0.15, 0.2) is 0 Å². The summed E-state index contributed by atoms with van der Waals surface area (Å²) in [6.07, 6.45) is 7.22. The lowest BCUT2D eigenvalue weighted by atomic mass is 9.83. The number of nitrogens with two attached hydrogens (primary N) is 1. The maximum Gasteiger partial charge on any atom is 0.0445 e. The lowest BCUT2D eigenvalue weighted by Gasteiger charge is -2.47. The highest BCUT2D eigenvalue weighted by Crippen LogP contribution is 2.31. The van der Waals surface area contributed by atoms with Crippen LogP contribution in [-0.2, 0) is 0 Å². The number of rotatable bonds is 3. The van der Waals surface area contributed by atoms with Gasteiger partial charge in [0, 0.05) is 24.7 Å². The van der Waals surface area contributed by atoms with Gasteiger partial charge in [0.05, 0.1) is 0 Å². The third kappa shape index (κ3) is 2.10. The summed E-state index contributed by atoms with van der Waals surface area (Å²) in [7, 11) is 0. The van der Waals surface area contributed by atoms with Crippen LogP contribution >= 0.6 is 0 Å². The van der Waals surface area contributed by atoms with Crippen molar-refractivity contribution >= 4 is 0 Å². The molecule has 3 nitrogen and oxygen atoms in total. The minimum absolute atomic E-state index is 0.333. The van der Waals surface area contributed by atoms with Crippen molar-refractivity contribution in [1.82, 2.24) is 4.90 Å². The molecule has 14 heavy (non-hydrogen) atoms. The fraction of sp³-hybridized carbons (Fsp3) is 1.00. The van der Waals surface area contributed by atoms with E-state index in [0.717, 1.165) is 12.5 Å². The molecule has 1 aliphatic heterocycles. The van der Waals surface area contributed by atoms with Crippen molar-refractivity contribution < 1.29 is 5.11 Å². The van der Waals surface area contributed by atoms with Gasteiger partial charge in [0.2, 0.25) is 0 Å². The number of aliphatic hydroxyl groups excluding tert-OH is 1. The van der Waals surface area contributed by atoms with Crippen LogP contribution in [-0.4, -0.2) is 41.3 Å². The molecule has 0 amide bonds. The Kier molecular flexibility index (Phi) is 3.42. The SMILES string of the molecule is NC1CC(N2CCCCC2CCO)C1. The normalized spacial score (nSPS) is 39.4. The van der Waals surface area contributed by atoms with Crippen molar-refractivity contribution in [2.45, 2.75) is 56.7 Å². The monoisotopic (exact) mass is 198 g/mol. The molecule has 1 saturated carbocycles. The maximum atomic E-state index is 9.01. The molecule has 2 aliphatic rings. The van der Waals surface area contributed by atoms with Gasteiger partial charge in [-0.2, -0.15) is 0 Å². The Labute approximate surface area is 86.3 Å². The lowest BCUT2D eigenvalue weighted by Crippen LogP contribution is -2.55. The van der Waals surface area contributed by atoms with Gasteiger partial charge in [-0.05, 0) is 38.6 Å². The van der Waals surface area contributed by atoms with E-state index in [-0.39, 0.29) is 0 Å². The van der Waals surface area contributed by atoms with Crippen molar-refractivity contribution in [2.24, 2.45) is 5.73 Å². The van der Waals surface area contributed by atoms with Gasteiger partial charge in [0.1, 0.15) is 0 Å². The van der Waals surface area contributed by atoms with Crippen LogP contribution in [0.1, 0.15) is 38.5 Å². The molecule has 3 N–H and O–H groups in total. The fourth-order valence-electron chi connectivity index (χ4n) is 2.86. The van der Waals surface area contributed by atoms with E-state index in [1.54, 1.807) is 0 Å². The zero-order valence-corrected chi connectivity index (χ0v) is 8.86. The second kappa shape index (κ2) is 4.60. The maximum absolute atomic E-state index is 9.01. The number of nitrogens with zero attached hydrogens (tertiary/aromatic N) is 1. The van der Waals surface area contributed by atoms with Crippen molar-refractivity contribution in [2.75, 3.05) is 13.2 Å². The lowest BCUT2D eigenvalue weighted by molar-refractivity contribution is 0.0305. The van der Waals surface area contributed by atoms with E-state index < -0.39 is 0 Å². The predicted octanol–water partition coefficient (Wildman–Crippen LogP) is 0.713. The first kappa shape index (κ1) is 10.4. The smallest absolute Gasteiger partial charge is 0.0445 e. The molecule has 1 aliphatic carbocycles. The zero-order valence-electron chi connectivity index (χ0n) is 8.86. The van der Waals surface area contributed by atoms with Crippen LogP contribution in [0.25, 0.3) is 0 Å². The molecule has 2 rings (SSSR count). The molecule has 1 saturated heterocycles. The second-order valence-electron chi connectivity index (χ2n) is 4.79. The van der Waals surface area contributed by atoms with Crippen LogP contribution in [0.3, 0.4) is 0 Å². The molecule has 0 aromatic rings. The minimum Gasteiger partial charge on any atom is -0.396 e. The Bertz CT molecular complexity index is 178. The highest BCUT2D eigenvalue weighted by molar-refractivity contribution is 4.93. The summed E-state index contributed by atoms with van der Waals surface area (Å²) >= 11 is 0. The van der Waals surface area contributed by atoms with Gasteiger partial charge in [0.15, 0.2) is 0 Å². The van der Waals surface area contributed by atoms with Gasteiger partial charge in [-0.15, -0.1) is 0 Å². The molecule has 1 atom stereocenters.